The lowest BCUT2D eigenvalue weighted by molar-refractivity contribution is 0.0971. The summed E-state index contributed by atoms with van der Waals surface area (Å²) in [5, 5.41) is 3.29. The molecule has 1 aliphatic carbocycles. The Kier molecular flexibility index (Phi) is 3.03. The third-order valence-corrected chi connectivity index (χ3v) is 3.38. The van der Waals surface area contributed by atoms with Crippen LogP contribution in [0.3, 0.4) is 0 Å². The van der Waals surface area contributed by atoms with E-state index in [-0.39, 0.29) is 5.78 Å². The minimum atomic E-state index is 0.218. The molecular formula is C16H16N2O. The molecule has 3 rings (SSSR count). The maximum Gasteiger partial charge on any atom is 0.164 e. The number of nitrogens with one attached hydrogen (secondary N) is 1. The fraction of sp³-hybridized carbons (Fsp3) is 0.250. The van der Waals surface area contributed by atoms with Gasteiger partial charge >= 0.3 is 0 Å². The number of aryl methyl sites for hydroxylation is 2. The highest BCUT2D eigenvalue weighted by atomic mass is 16.1. The maximum absolute atomic E-state index is 11.7. The smallest absolute Gasteiger partial charge is 0.164 e. The number of fused-ring (bicyclic) bond motifs is 1. The number of benzene rings is 1. The number of pyridine rings is 1. The number of ketones is 1. The van der Waals surface area contributed by atoms with Gasteiger partial charge in [-0.1, -0.05) is 12.1 Å². The van der Waals surface area contributed by atoms with E-state index in [1.807, 2.05) is 24.3 Å². The number of carbonyl (C=O) groups is 1. The first-order chi connectivity index (χ1) is 9.22. The van der Waals surface area contributed by atoms with Crippen LogP contribution < -0.4 is 5.32 Å². The number of anilines is 2. The van der Waals surface area contributed by atoms with Crippen molar-refractivity contribution in [1.82, 2.24) is 4.98 Å². The highest BCUT2D eigenvalue weighted by Crippen LogP contribution is 2.23. The summed E-state index contributed by atoms with van der Waals surface area (Å²) < 4.78 is 0. The lowest BCUT2D eigenvalue weighted by Crippen LogP contribution is -2.13. The zero-order chi connectivity index (χ0) is 13.2. The molecule has 3 heteroatoms. The van der Waals surface area contributed by atoms with Crippen molar-refractivity contribution < 1.29 is 4.79 Å². The quantitative estimate of drug-likeness (QED) is 0.887. The van der Waals surface area contributed by atoms with Gasteiger partial charge in [0.1, 0.15) is 5.82 Å². The highest BCUT2D eigenvalue weighted by molar-refractivity contribution is 5.98. The number of rotatable bonds is 2. The molecule has 96 valence electrons. The van der Waals surface area contributed by atoms with Gasteiger partial charge in [0.2, 0.25) is 0 Å². The Hall–Kier alpha value is -2.16. The summed E-state index contributed by atoms with van der Waals surface area (Å²) in [5.41, 5.74) is 3.95. The molecule has 0 atom stereocenters. The number of carbonyl (C=O) groups excluding carboxylic acids is 1. The third kappa shape index (κ3) is 2.50. The summed E-state index contributed by atoms with van der Waals surface area (Å²) in [5.74, 6) is 1.02. The molecule has 0 aliphatic heterocycles. The van der Waals surface area contributed by atoms with Crippen LogP contribution in [-0.2, 0) is 6.42 Å². The molecule has 1 aromatic carbocycles. The first kappa shape index (κ1) is 11.9. The van der Waals surface area contributed by atoms with Gasteiger partial charge < -0.3 is 5.32 Å². The zero-order valence-corrected chi connectivity index (χ0v) is 10.9. The third-order valence-electron chi connectivity index (χ3n) is 3.38. The van der Waals surface area contributed by atoms with E-state index < -0.39 is 0 Å². The Bertz CT molecular complexity index is 634. The molecule has 1 heterocycles. The van der Waals surface area contributed by atoms with Crippen molar-refractivity contribution in [1.29, 1.82) is 0 Å². The minimum absolute atomic E-state index is 0.218. The number of nitrogens with zero attached hydrogens (tertiary/aromatic N) is 1. The van der Waals surface area contributed by atoms with Gasteiger partial charge in [0.15, 0.2) is 5.78 Å². The Morgan fingerprint density at radius 2 is 2.05 bits per heavy atom. The molecule has 0 saturated heterocycles. The van der Waals surface area contributed by atoms with Crippen molar-refractivity contribution in [3.8, 4) is 0 Å². The van der Waals surface area contributed by atoms with Crippen LogP contribution >= 0.6 is 0 Å². The van der Waals surface area contributed by atoms with Crippen LogP contribution in [0.2, 0.25) is 0 Å². The second-order valence-electron chi connectivity index (χ2n) is 4.96. The average Bonchev–Trinajstić information content (AvgIpc) is 2.39. The van der Waals surface area contributed by atoms with Crippen molar-refractivity contribution in [2.45, 2.75) is 26.2 Å². The van der Waals surface area contributed by atoms with E-state index in [1.54, 1.807) is 0 Å². The van der Waals surface area contributed by atoms with Crippen LogP contribution in [-0.4, -0.2) is 10.8 Å². The maximum atomic E-state index is 11.7. The molecule has 19 heavy (non-hydrogen) atoms. The van der Waals surface area contributed by atoms with Gasteiger partial charge in [-0.2, -0.15) is 0 Å². The summed E-state index contributed by atoms with van der Waals surface area (Å²) in [6.07, 6.45) is 2.45. The second-order valence-corrected chi connectivity index (χ2v) is 4.96. The van der Waals surface area contributed by atoms with Gasteiger partial charge in [0.25, 0.3) is 0 Å². The summed E-state index contributed by atoms with van der Waals surface area (Å²) >= 11 is 0. The Labute approximate surface area is 112 Å². The Morgan fingerprint density at radius 1 is 1.16 bits per heavy atom. The van der Waals surface area contributed by atoms with Crippen molar-refractivity contribution in [2.24, 2.45) is 0 Å². The van der Waals surface area contributed by atoms with E-state index in [0.717, 1.165) is 35.6 Å². The zero-order valence-electron chi connectivity index (χ0n) is 10.9. The van der Waals surface area contributed by atoms with Crippen LogP contribution in [0.1, 0.15) is 34.5 Å². The van der Waals surface area contributed by atoms with Crippen molar-refractivity contribution in [3.05, 3.63) is 53.2 Å². The molecule has 1 aromatic heterocycles. The average molecular weight is 252 g/mol. The van der Waals surface area contributed by atoms with Gasteiger partial charge in [0, 0.05) is 17.7 Å². The van der Waals surface area contributed by atoms with E-state index in [1.165, 1.54) is 5.56 Å². The first-order valence-electron chi connectivity index (χ1n) is 6.59. The van der Waals surface area contributed by atoms with Crippen molar-refractivity contribution in [2.75, 3.05) is 5.32 Å². The number of hydrogen-bond donors (Lipinski definition) is 1. The van der Waals surface area contributed by atoms with Crippen LogP contribution in [0.4, 0.5) is 11.5 Å². The predicted octanol–water partition coefficient (Wildman–Crippen LogP) is 3.65. The lowest BCUT2D eigenvalue weighted by atomic mass is 9.95. The van der Waals surface area contributed by atoms with Crippen LogP contribution in [0.15, 0.2) is 36.4 Å². The molecule has 1 aliphatic rings. The van der Waals surface area contributed by atoms with Gasteiger partial charge in [-0.3, -0.25) is 4.79 Å². The molecule has 0 fully saturated rings. The van der Waals surface area contributed by atoms with E-state index in [2.05, 4.69) is 29.4 Å². The van der Waals surface area contributed by atoms with Crippen molar-refractivity contribution in [3.63, 3.8) is 0 Å². The summed E-state index contributed by atoms with van der Waals surface area (Å²) in [6, 6.07) is 11.9. The van der Waals surface area contributed by atoms with Gasteiger partial charge in [-0.25, -0.2) is 4.98 Å². The van der Waals surface area contributed by atoms with E-state index in [0.29, 0.717) is 6.42 Å². The molecule has 0 saturated carbocycles. The summed E-state index contributed by atoms with van der Waals surface area (Å²) in [7, 11) is 0. The molecule has 3 nitrogen and oxygen atoms in total. The van der Waals surface area contributed by atoms with Crippen LogP contribution in [0.5, 0.6) is 0 Å². The molecule has 0 spiro atoms. The number of aromatic nitrogens is 1. The predicted molar refractivity (Wildman–Crippen MR) is 76.0 cm³/mol. The van der Waals surface area contributed by atoms with E-state index >= 15 is 0 Å². The second kappa shape index (κ2) is 4.84. The van der Waals surface area contributed by atoms with Gasteiger partial charge in [0.05, 0.1) is 5.69 Å². The topological polar surface area (TPSA) is 42.0 Å². The molecule has 0 unspecified atom stereocenters. The van der Waals surface area contributed by atoms with Gasteiger partial charge in [-0.15, -0.1) is 0 Å². The van der Waals surface area contributed by atoms with E-state index in [4.69, 9.17) is 0 Å². The van der Waals surface area contributed by atoms with Crippen LogP contribution in [0, 0.1) is 6.92 Å². The first-order valence-corrected chi connectivity index (χ1v) is 6.59. The molecule has 0 amide bonds. The Morgan fingerprint density at radius 3 is 2.89 bits per heavy atom. The fourth-order valence-corrected chi connectivity index (χ4v) is 2.44. The SMILES string of the molecule is Cc1cccc(Nc2ccc3c(n2)CCCC3=O)c1. The minimum Gasteiger partial charge on any atom is -0.340 e. The monoisotopic (exact) mass is 252 g/mol. The van der Waals surface area contributed by atoms with Gasteiger partial charge in [-0.05, 0) is 49.6 Å². The molecule has 0 radical (unpaired) electrons. The lowest BCUT2D eigenvalue weighted by Gasteiger charge is -2.15. The summed E-state index contributed by atoms with van der Waals surface area (Å²) in [6.45, 7) is 2.06. The van der Waals surface area contributed by atoms with Crippen LogP contribution in [0.25, 0.3) is 0 Å². The highest BCUT2D eigenvalue weighted by Gasteiger charge is 2.18. The fourth-order valence-electron chi connectivity index (χ4n) is 2.44. The molecule has 0 bridgehead atoms. The standard InChI is InChI=1S/C16H16N2O/c1-11-4-2-5-12(10-11)17-16-9-8-13-14(18-16)6-3-7-15(13)19/h2,4-5,8-10H,3,6-7H2,1H3,(H,17,18). The Balaban J connectivity index is 1.88. The largest absolute Gasteiger partial charge is 0.340 e. The number of hydrogen-bond acceptors (Lipinski definition) is 3. The molecular weight excluding hydrogens is 236 g/mol. The van der Waals surface area contributed by atoms with Crippen molar-refractivity contribution >= 4 is 17.3 Å². The summed E-state index contributed by atoms with van der Waals surface area (Å²) in [4.78, 5) is 16.3. The van der Waals surface area contributed by atoms with E-state index in [9.17, 15) is 4.79 Å². The number of Topliss-reactive ketones (excluding diaryl/α,β-unsaturated/α-hetero) is 1. The molecule has 1 N–H and O–H groups in total. The normalized spacial score (nSPS) is 14.1. The molecule has 2 aromatic rings.